The van der Waals surface area contributed by atoms with Crippen LogP contribution in [0.15, 0.2) is 18.2 Å². The van der Waals surface area contributed by atoms with Gasteiger partial charge in [-0.25, -0.2) is 8.78 Å². The van der Waals surface area contributed by atoms with Gasteiger partial charge in [-0.3, -0.25) is 0 Å². The summed E-state index contributed by atoms with van der Waals surface area (Å²) >= 11 is 0. The number of ether oxygens (including phenoxy) is 1. The minimum atomic E-state index is -0.543. The largest absolute Gasteiger partial charge is 0.377 e. The van der Waals surface area contributed by atoms with E-state index in [2.05, 4.69) is 5.32 Å². The Kier molecular flexibility index (Phi) is 4.07. The van der Waals surface area contributed by atoms with E-state index < -0.39 is 11.6 Å². The van der Waals surface area contributed by atoms with Gasteiger partial charge in [-0.05, 0) is 25.8 Å². The van der Waals surface area contributed by atoms with E-state index in [1.807, 2.05) is 6.92 Å². The molecule has 4 heteroatoms. The third-order valence-corrected chi connectivity index (χ3v) is 3.15. The second kappa shape index (κ2) is 5.56. The summed E-state index contributed by atoms with van der Waals surface area (Å²) in [5.41, 5.74) is 0.483. The third kappa shape index (κ3) is 3.23. The number of hydrogen-bond donors (Lipinski definition) is 1. The van der Waals surface area contributed by atoms with Gasteiger partial charge in [0.2, 0.25) is 0 Å². The van der Waals surface area contributed by atoms with Gasteiger partial charge in [-0.15, -0.1) is 0 Å². The molecule has 0 amide bonds. The normalized spacial score (nSPS) is 21.7. The van der Waals surface area contributed by atoms with E-state index in [1.54, 1.807) is 0 Å². The summed E-state index contributed by atoms with van der Waals surface area (Å²) in [6.07, 6.45) is 2.33. The Labute approximate surface area is 100.0 Å². The molecule has 1 aliphatic rings. The Hall–Kier alpha value is -1.00. The van der Waals surface area contributed by atoms with Crippen LogP contribution in [0.2, 0.25) is 0 Å². The third-order valence-electron chi connectivity index (χ3n) is 3.15. The van der Waals surface area contributed by atoms with Gasteiger partial charge >= 0.3 is 0 Å². The first-order valence-corrected chi connectivity index (χ1v) is 5.96. The Balaban J connectivity index is 1.88. The molecule has 0 saturated carbocycles. The van der Waals surface area contributed by atoms with E-state index >= 15 is 0 Å². The van der Waals surface area contributed by atoms with E-state index in [1.165, 1.54) is 12.1 Å². The molecule has 1 N–H and O–H groups in total. The van der Waals surface area contributed by atoms with E-state index in [9.17, 15) is 8.78 Å². The van der Waals surface area contributed by atoms with Crippen molar-refractivity contribution in [1.82, 2.24) is 5.32 Å². The standard InChI is InChI=1S/C13H17F2NO/c1-9(13-3-2-6-17-13)16-8-10-4-5-11(14)7-12(10)15/h4-5,7,9,13,16H,2-3,6,8H2,1H3. The van der Waals surface area contributed by atoms with Crippen molar-refractivity contribution in [3.63, 3.8) is 0 Å². The van der Waals surface area contributed by atoms with E-state index in [0.29, 0.717) is 12.1 Å². The fourth-order valence-electron chi connectivity index (χ4n) is 2.06. The summed E-state index contributed by atoms with van der Waals surface area (Å²) in [7, 11) is 0. The van der Waals surface area contributed by atoms with Gasteiger partial charge < -0.3 is 10.1 Å². The predicted octanol–water partition coefficient (Wildman–Crippen LogP) is 2.62. The first kappa shape index (κ1) is 12.5. The van der Waals surface area contributed by atoms with Gasteiger partial charge in [0, 0.05) is 30.8 Å². The zero-order chi connectivity index (χ0) is 12.3. The van der Waals surface area contributed by atoms with Crippen LogP contribution in [0, 0.1) is 11.6 Å². The lowest BCUT2D eigenvalue weighted by Crippen LogP contribution is -2.36. The van der Waals surface area contributed by atoms with Crippen molar-refractivity contribution < 1.29 is 13.5 Å². The van der Waals surface area contributed by atoms with Crippen molar-refractivity contribution in [2.75, 3.05) is 6.61 Å². The van der Waals surface area contributed by atoms with E-state index in [0.717, 1.165) is 25.5 Å². The van der Waals surface area contributed by atoms with Gasteiger partial charge in [0.1, 0.15) is 11.6 Å². The fourth-order valence-corrected chi connectivity index (χ4v) is 2.06. The number of rotatable bonds is 4. The summed E-state index contributed by atoms with van der Waals surface area (Å²) < 4.78 is 31.6. The van der Waals surface area contributed by atoms with Gasteiger partial charge in [0.05, 0.1) is 6.10 Å². The SMILES string of the molecule is CC(NCc1ccc(F)cc1F)C1CCCO1. The highest BCUT2D eigenvalue weighted by molar-refractivity contribution is 5.18. The summed E-state index contributed by atoms with van der Waals surface area (Å²) in [6.45, 7) is 3.23. The zero-order valence-corrected chi connectivity index (χ0v) is 9.88. The van der Waals surface area contributed by atoms with Gasteiger partial charge in [0.15, 0.2) is 0 Å². The van der Waals surface area contributed by atoms with Crippen LogP contribution < -0.4 is 5.32 Å². The summed E-state index contributed by atoms with van der Waals surface area (Å²) in [4.78, 5) is 0. The molecule has 0 radical (unpaired) electrons. The lowest BCUT2D eigenvalue weighted by molar-refractivity contribution is 0.0831. The molecule has 2 nitrogen and oxygen atoms in total. The zero-order valence-electron chi connectivity index (χ0n) is 9.88. The van der Waals surface area contributed by atoms with Crippen LogP contribution >= 0.6 is 0 Å². The van der Waals surface area contributed by atoms with Crippen molar-refractivity contribution in [1.29, 1.82) is 0 Å². The van der Waals surface area contributed by atoms with Gasteiger partial charge in [-0.1, -0.05) is 6.07 Å². The lowest BCUT2D eigenvalue weighted by atomic mass is 10.1. The Bertz CT molecular complexity index is 378. The molecule has 0 aromatic heterocycles. The molecular weight excluding hydrogens is 224 g/mol. The molecule has 0 bridgehead atoms. The van der Waals surface area contributed by atoms with Crippen molar-refractivity contribution in [3.8, 4) is 0 Å². The first-order valence-electron chi connectivity index (χ1n) is 5.96. The highest BCUT2D eigenvalue weighted by atomic mass is 19.1. The fraction of sp³-hybridized carbons (Fsp3) is 0.538. The summed E-state index contributed by atoms with van der Waals surface area (Å²) in [6, 6.07) is 3.84. The topological polar surface area (TPSA) is 21.3 Å². The van der Waals surface area contributed by atoms with E-state index in [4.69, 9.17) is 4.74 Å². The number of benzene rings is 1. The van der Waals surface area contributed by atoms with Crippen LogP contribution in [0.1, 0.15) is 25.3 Å². The highest BCUT2D eigenvalue weighted by Crippen LogP contribution is 2.16. The molecule has 94 valence electrons. The monoisotopic (exact) mass is 241 g/mol. The Morgan fingerprint density at radius 2 is 2.29 bits per heavy atom. The molecule has 1 aliphatic heterocycles. The molecule has 0 aliphatic carbocycles. The molecule has 2 atom stereocenters. The number of nitrogens with one attached hydrogen (secondary N) is 1. The lowest BCUT2D eigenvalue weighted by Gasteiger charge is -2.20. The molecule has 1 fully saturated rings. The molecule has 17 heavy (non-hydrogen) atoms. The minimum Gasteiger partial charge on any atom is -0.377 e. The molecule has 1 heterocycles. The number of halogens is 2. The molecule has 1 saturated heterocycles. The van der Waals surface area contributed by atoms with Crippen LogP contribution in [0.4, 0.5) is 8.78 Å². The van der Waals surface area contributed by atoms with Crippen molar-refractivity contribution >= 4 is 0 Å². The average Bonchev–Trinajstić information content (AvgIpc) is 2.81. The average molecular weight is 241 g/mol. The summed E-state index contributed by atoms with van der Waals surface area (Å²) in [5.74, 6) is -1.05. The van der Waals surface area contributed by atoms with Crippen LogP contribution in [0.5, 0.6) is 0 Å². The second-order valence-corrected chi connectivity index (χ2v) is 4.46. The molecule has 2 unspecified atom stereocenters. The maximum absolute atomic E-state index is 13.4. The quantitative estimate of drug-likeness (QED) is 0.875. The van der Waals surface area contributed by atoms with Crippen molar-refractivity contribution in [3.05, 3.63) is 35.4 Å². The molecule has 1 aromatic carbocycles. The van der Waals surface area contributed by atoms with E-state index in [-0.39, 0.29) is 12.1 Å². The van der Waals surface area contributed by atoms with Gasteiger partial charge in [0.25, 0.3) is 0 Å². The summed E-state index contributed by atoms with van der Waals surface area (Å²) in [5, 5.41) is 3.21. The van der Waals surface area contributed by atoms with Gasteiger partial charge in [-0.2, -0.15) is 0 Å². The van der Waals surface area contributed by atoms with Crippen LogP contribution in [0.25, 0.3) is 0 Å². The Morgan fingerprint density at radius 1 is 1.47 bits per heavy atom. The Morgan fingerprint density at radius 3 is 2.94 bits per heavy atom. The molecule has 0 spiro atoms. The second-order valence-electron chi connectivity index (χ2n) is 4.46. The van der Waals surface area contributed by atoms with Crippen molar-refractivity contribution in [2.24, 2.45) is 0 Å². The molecule has 1 aromatic rings. The van der Waals surface area contributed by atoms with Crippen LogP contribution in [-0.2, 0) is 11.3 Å². The molecular formula is C13H17F2NO. The number of hydrogen-bond acceptors (Lipinski definition) is 2. The van der Waals surface area contributed by atoms with Crippen LogP contribution in [-0.4, -0.2) is 18.8 Å². The van der Waals surface area contributed by atoms with Crippen LogP contribution in [0.3, 0.4) is 0 Å². The highest BCUT2D eigenvalue weighted by Gasteiger charge is 2.21. The minimum absolute atomic E-state index is 0.182. The smallest absolute Gasteiger partial charge is 0.130 e. The molecule has 2 rings (SSSR count). The maximum Gasteiger partial charge on any atom is 0.130 e. The predicted molar refractivity (Wildman–Crippen MR) is 61.6 cm³/mol. The first-order chi connectivity index (χ1) is 8.16. The van der Waals surface area contributed by atoms with Crippen molar-refractivity contribution in [2.45, 2.75) is 38.5 Å². The maximum atomic E-state index is 13.4.